The summed E-state index contributed by atoms with van der Waals surface area (Å²) in [5, 5.41) is 3.62. The van der Waals surface area contributed by atoms with Crippen molar-refractivity contribution in [3.05, 3.63) is 0 Å². The Labute approximate surface area is 119 Å². The van der Waals surface area contributed by atoms with Crippen molar-refractivity contribution in [2.45, 2.75) is 59.3 Å². The SMILES string of the molecule is CCNCC1(CCOCCC(C)C)CC2CCC1C2. The summed E-state index contributed by atoms with van der Waals surface area (Å²) in [6, 6.07) is 0. The van der Waals surface area contributed by atoms with E-state index in [2.05, 4.69) is 26.1 Å². The summed E-state index contributed by atoms with van der Waals surface area (Å²) in [6.07, 6.45) is 8.40. The van der Waals surface area contributed by atoms with Gasteiger partial charge in [-0.2, -0.15) is 0 Å². The van der Waals surface area contributed by atoms with Crippen molar-refractivity contribution in [1.82, 2.24) is 5.32 Å². The summed E-state index contributed by atoms with van der Waals surface area (Å²) in [4.78, 5) is 0. The van der Waals surface area contributed by atoms with Gasteiger partial charge in [-0.25, -0.2) is 0 Å². The monoisotopic (exact) mass is 267 g/mol. The molecule has 0 aromatic rings. The summed E-state index contributed by atoms with van der Waals surface area (Å²) < 4.78 is 5.89. The molecule has 2 aliphatic carbocycles. The van der Waals surface area contributed by atoms with Crippen LogP contribution in [0.4, 0.5) is 0 Å². The highest BCUT2D eigenvalue weighted by molar-refractivity contribution is 5.01. The van der Waals surface area contributed by atoms with Gasteiger partial charge in [-0.05, 0) is 61.8 Å². The Bertz CT molecular complexity index is 266. The zero-order valence-electron chi connectivity index (χ0n) is 13.2. The molecule has 2 aliphatic rings. The number of hydrogen-bond donors (Lipinski definition) is 1. The van der Waals surface area contributed by atoms with Crippen LogP contribution in [0.3, 0.4) is 0 Å². The molecule has 2 heteroatoms. The highest BCUT2D eigenvalue weighted by atomic mass is 16.5. The molecular weight excluding hydrogens is 234 g/mol. The summed E-state index contributed by atoms with van der Waals surface area (Å²) >= 11 is 0. The van der Waals surface area contributed by atoms with E-state index in [0.29, 0.717) is 5.41 Å². The van der Waals surface area contributed by atoms with Crippen LogP contribution >= 0.6 is 0 Å². The maximum absolute atomic E-state index is 5.89. The van der Waals surface area contributed by atoms with E-state index >= 15 is 0 Å². The van der Waals surface area contributed by atoms with Gasteiger partial charge >= 0.3 is 0 Å². The molecule has 112 valence electrons. The van der Waals surface area contributed by atoms with Crippen molar-refractivity contribution in [2.75, 3.05) is 26.3 Å². The lowest BCUT2D eigenvalue weighted by Gasteiger charge is -2.38. The van der Waals surface area contributed by atoms with Gasteiger partial charge in [0.15, 0.2) is 0 Å². The van der Waals surface area contributed by atoms with Crippen molar-refractivity contribution in [3.8, 4) is 0 Å². The van der Waals surface area contributed by atoms with Gasteiger partial charge in [-0.15, -0.1) is 0 Å². The minimum atomic E-state index is 0.566. The standard InChI is InChI=1S/C17H33NO/c1-4-18-13-17(8-10-19-9-7-14(2)3)12-15-5-6-16(17)11-15/h14-16,18H,4-13H2,1-3H3. The molecule has 0 amide bonds. The van der Waals surface area contributed by atoms with Crippen LogP contribution in [0, 0.1) is 23.2 Å². The Morgan fingerprint density at radius 2 is 2.11 bits per heavy atom. The largest absolute Gasteiger partial charge is 0.381 e. The van der Waals surface area contributed by atoms with Crippen molar-refractivity contribution < 1.29 is 4.74 Å². The minimum absolute atomic E-state index is 0.566. The van der Waals surface area contributed by atoms with Crippen molar-refractivity contribution in [3.63, 3.8) is 0 Å². The van der Waals surface area contributed by atoms with E-state index in [4.69, 9.17) is 4.74 Å². The van der Waals surface area contributed by atoms with Gasteiger partial charge in [0.05, 0.1) is 0 Å². The highest BCUT2D eigenvalue weighted by Crippen LogP contribution is 2.57. The number of nitrogens with one attached hydrogen (secondary N) is 1. The normalized spacial score (nSPS) is 33.5. The molecule has 2 rings (SSSR count). The molecule has 2 bridgehead atoms. The van der Waals surface area contributed by atoms with E-state index in [1.165, 1.54) is 45.1 Å². The Hall–Kier alpha value is -0.0800. The topological polar surface area (TPSA) is 21.3 Å². The summed E-state index contributed by atoms with van der Waals surface area (Å²) in [5.41, 5.74) is 0.566. The Balaban J connectivity index is 1.75. The van der Waals surface area contributed by atoms with Gasteiger partial charge in [-0.3, -0.25) is 0 Å². The third-order valence-electron chi connectivity index (χ3n) is 5.41. The smallest absolute Gasteiger partial charge is 0.0471 e. The Morgan fingerprint density at radius 3 is 2.68 bits per heavy atom. The molecule has 0 radical (unpaired) electrons. The van der Waals surface area contributed by atoms with E-state index in [1.807, 2.05) is 0 Å². The Morgan fingerprint density at radius 1 is 1.26 bits per heavy atom. The van der Waals surface area contributed by atoms with Gasteiger partial charge in [-0.1, -0.05) is 27.2 Å². The van der Waals surface area contributed by atoms with Crippen molar-refractivity contribution in [2.24, 2.45) is 23.2 Å². The lowest BCUT2D eigenvalue weighted by molar-refractivity contribution is 0.0589. The van der Waals surface area contributed by atoms with E-state index in [0.717, 1.165) is 37.5 Å². The summed E-state index contributed by atoms with van der Waals surface area (Å²) in [7, 11) is 0. The quantitative estimate of drug-likeness (QED) is 0.641. The minimum Gasteiger partial charge on any atom is -0.381 e. The molecule has 2 saturated carbocycles. The second kappa shape index (κ2) is 7.08. The maximum Gasteiger partial charge on any atom is 0.0471 e. The van der Waals surface area contributed by atoms with Crippen molar-refractivity contribution >= 4 is 0 Å². The second-order valence-corrected chi connectivity index (χ2v) is 7.27. The summed E-state index contributed by atoms with van der Waals surface area (Å²) in [6.45, 7) is 11.0. The molecule has 2 nitrogen and oxygen atoms in total. The molecule has 0 aromatic carbocycles. The number of rotatable bonds is 9. The van der Waals surface area contributed by atoms with Gasteiger partial charge in [0, 0.05) is 19.8 Å². The first kappa shape index (κ1) is 15.3. The molecule has 19 heavy (non-hydrogen) atoms. The Kier molecular flexibility index (Phi) is 5.70. The lowest BCUT2D eigenvalue weighted by atomic mass is 9.71. The van der Waals surface area contributed by atoms with Gasteiger partial charge < -0.3 is 10.1 Å². The molecule has 3 unspecified atom stereocenters. The predicted octanol–water partition coefficient (Wildman–Crippen LogP) is 3.86. The zero-order valence-corrected chi connectivity index (χ0v) is 13.2. The molecule has 0 aliphatic heterocycles. The molecule has 3 atom stereocenters. The fraction of sp³-hybridized carbons (Fsp3) is 1.00. The van der Waals surface area contributed by atoms with Crippen LogP contribution in [0.5, 0.6) is 0 Å². The van der Waals surface area contributed by atoms with E-state index in [9.17, 15) is 0 Å². The first-order chi connectivity index (χ1) is 9.16. The molecule has 2 fully saturated rings. The van der Waals surface area contributed by atoms with Crippen LogP contribution in [0.25, 0.3) is 0 Å². The zero-order chi connectivity index (χ0) is 13.7. The summed E-state index contributed by atoms with van der Waals surface area (Å²) in [5.74, 6) is 2.77. The van der Waals surface area contributed by atoms with E-state index < -0.39 is 0 Å². The van der Waals surface area contributed by atoms with E-state index in [1.54, 1.807) is 0 Å². The second-order valence-electron chi connectivity index (χ2n) is 7.27. The number of ether oxygens (including phenoxy) is 1. The number of hydrogen-bond acceptors (Lipinski definition) is 2. The third-order valence-corrected chi connectivity index (χ3v) is 5.41. The van der Waals surface area contributed by atoms with Crippen LogP contribution in [0.2, 0.25) is 0 Å². The van der Waals surface area contributed by atoms with Crippen LogP contribution < -0.4 is 5.32 Å². The molecule has 0 spiro atoms. The predicted molar refractivity (Wildman–Crippen MR) is 81.3 cm³/mol. The van der Waals surface area contributed by atoms with Crippen LogP contribution in [0.15, 0.2) is 0 Å². The highest BCUT2D eigenvalue weighted by Gasteiger charge is 2.49. The van der Waals surface area contributed by atoms with Crippen LogP contribution in [-0.4, -0.2) is 26.3 Å². The third kappa shape index (κ3) is 3.95. The van der Waals surface area contributed by atoms with Crippen LogP contribution in [0.1, 0.15) is 59.3 Å². The fourth-order valence-corrected chi connectivity index (χ4v) is 4.24. The van der Waals surface area contributed by atoms with E-state index in [-0.39, 0.29) is 0 Å². The van der Waals surface area contributed by atoms with Gasteiger partial charge in [0.25, 0.3) is 0 Å². The van der Waals surface area contributed by atoms with Gasteiger partial charge in [0.2, 0.25) is 0 Å². The molecule has 1 N–H and O–H groups in total. The molecule has 0 aromatic heterocycles. The van der Waals surface area contributed by atoms with Crippen molar-refractivity contribution in [1.29, 1.82) is 0 Å². The molecular formula is C17H33NO. The van der Waals surface area contributed by atoms with Crippen LogP contribution in [-0.2, 0) is 4.74 Å². The first-order valence-electron chi connectivity index (χ1n) is 8.45. The lowest BCUT2D eigenvalue weighted by Crippen LogP contribution is -2.39. The molecule has 0 heterocycles. The first-order valence-corrected chi connectivity index (χ1v) is 8.45. The van der Waals surface area contributed by atoms with Gasteiger partial charge in [0.1, 0.15) is 0 Å². The number of fused-ring (bicyclic) bond motifs is 2. The average Bonchev–Trinajstić information content (AvgIpc) is 2.96. The average molecular weight is 267 g/mol. The fourth-order valence-electron chi connectivity index (χ4n) is 4.24. The molecule has 0 saturated heterocycles. The maximum atomic E-state index is 5.89.